The smallest absolute Gasteiger partial charge is 0.0898 e. The number of hydrogen-bond donors (Lipinski definition) is 0. The Morgan fingerprint density at radius 1 is 0.862 bits per heavy atom. The average molecular weight is 381 g/mol. The van der Waals surface area contributed by atoms with Crippen molar-refractivity contribution >= 4 is 11.4 Å². The van der Waals surface area contributed by atoms with Crippen LogP contribution in [-0.4, -0.2) is 17.6 Å². The van der Waals surface area contributed by atoms with Gasteiger partial charge in [-0.05, 0) is 66.6 Å². The summed E-state index contributed by atoms with van der Waals surface area (Å²) in [5, 5.41) is 0. The Bertz CT molecular complexity index is 1070. The van der Waals surface area contributed by atoms with Gasteiger partial charge in [0, 0.05) is 24.3 Å². The van der Waals surface area contributed by atoms with Crippen LogP contribution in [0.2, 0.25) is 0 Å². The van der Waals surface area contributed by atoms with Crippen molar-refractivity contribution in [1.29, 1.82) is 0 Å². The normalized spacial score (nSPS) is 27.7. The number of nitrogens with zero attached hydrogens (tertiary/aromatic N) is 2. The minimum absolute atomic E-state index is 0.239. The molecule has 3 aromatic carbocycles. The Morgan fingerprint density at radius 2 is 1.69 bits per heavy atom. The fourth-order valence-corrected chi connectivity index (χ4v) is 6.09. The fraction of sp³-hybridized carbons (Fsp3) is 0.333. The number of hydrogen-bond acceptors (Lipinski definition) is 2. The van der Waals surface area contributed by atoms with Crippen molar-refractivity contribution < 1.29 is 0 Å². The van der Waals surface area contributed by atoms with E-state index in [2.05, 4.69) is 96.4 Å². The standard InChI is InChI=1S/C27H28N2/c1-19-7-6-8-21(15-19)22-11-12-25-24(16-22)27-17-20(2)13-14-28(27)26(18-27)29(25)23-9-4-3-5-10-23/h3-12,15-16,20,26H,13-14,17-18H2,1-2H3/t20-,26?,27?/m1/s1. The molecule has 2 fully saturated rings. The molecule has 29 heavy (non-hydrogen) atoms. The highest BCUT2D eigenvalue weighted by Gasteiger charge is 2.61. The van der Waals surface area contributed by atoms with Gasteiger partial charge in [-0.25, -0.2) is 0 Å². The van der Waals surface area contributed by atoms with E-state index in [0.29, 0.717) is 6.17 Å². The summed E-state index contributed by atoms with van der Waals surface area (Å²) < 4.78 is 0. The lowest BCUT2D eigenvalue weighted by Crippen LogP contribution is -2.73. The molecule has 2 saturated heterocycles. The van der Waals surface area contributed by atoms with Crippen molar-refractivity contribution in [2.24, 2.45) is 5.92 Å². The van der Waals surface area contributed by atoms with Crippen LogP contribution >= 0.6 is 0 Å². The highest BCUT2D eigenvalue weighted by Crippen LogP contribution is 2.61. The highest BCUT2D eigenvalue weighted by molar-refractivity contribution is 5.77. The van der Waals surface area contributed by atoms with E-state index in [0.717, 1.165) is 5.92 Å². The molecule has 0 spiro atoms. The summed E-state index contributed by atoms with van der Waals surface area (Å²) in [7, 11) is 0. The maximum Gasteiger partial charge on any atom is 0.0898 e. The Labute approximate surface area is 173 Å². The molecule has 0 N–H and O–H groups in total. The minimum Gasteiger partial charge on any atom is -0.325 e. The van der Waals surface area contributed by atoms with Gasteiger partial charge in [-0.3, -0.25) is 4.90 Å². The number of fused-ring (bicyclic) bond motifs is 1. The average Bonchev–Trinajstić information content (AvgIpc) is 2.73. The van der Waals surface area contributed by atoms with Gasteiger partial charge < -0.3 is 4.90 Å². The van der Waals surface area contributed by atoms with Gasteiger partial charge in [0.2, 0.25) is 0 Å². The van der Waals surface area contributed by atoms with E-state index in [1.165, 1.54) is 59.4 Å². The van der Waals surface area contributed by atoms with Crippen molar-refractivity contribution in [2.75, 3.05) is 11.4 Å². The number of aryl methyl sites for hydroxylation is 1. The lowest BCUT2D eigenvalue weighted by atomic mass is 9.63. The zero-order valence-electron chi connectivity index (χ0n) is 17.3. The second kappa shape index (κ2) is 6.21. The monoisotopic (exact) mass is 380 g/mol. The van der Waals surface area contributed by atoms with Crippen LogP contribution in [0.1, 0.15) is 37.3 Å². The van der Waals surface area contributed by atoms with Gasteiger partial charge in [-0.15, -0.1) is 0 Å². The van der Waals surface area contributed by atoms with Gasteiger partial charge in [0.15, 0.2) is 0 Å². The first-order valence-electron chi connectivity index (χ1n) is 11.0. The second-order valence-electron chi connectivity index (χ2n) is 9.31. The van der Waals surface area contributed by atoms with E-state index in [4.69, 9.17) is 0 Å². The maximum absolute atomic E-state index is 2.79. The van der Waals surface area contributed by atoms with E-state index >= 15 is 0 Å². The zero-order valence-corrected chi connectivity index (χ0v) is 17.3. The highest BCUT2D eigenvalue weighted by atomic mass is 15.5. The van der Waals surface area contributed by atoms with Gasteiger partial charge in [-0.1, -0.05) is 61.0 Å². The molecule has 3 heterocycles. The Morgan fingerprint density at radius 3 is 2.52 bits per heavy atom. The van der Waals surface area contributed by atoms with Crippen molar-refractivity contribution in [3.8, 4) is 11.1 Å². The van der Waals surface area contributed by atoms with Gasteiger partial charge in [-0.2, -0.15) is 0 Å². The minimum atomic E-state index is 0.239. The van der Waals surface area contributed by atoms with Crippen molar-refractivity contribution in [3.05, 3.63) is 83.9 Å². The topological polar surface area (TPSA) is 6.48 Å². The van der Waals surface area contributed by atoms with Crippen LogP contribution < -0.4 is 4.90 Å². The molecule has 0 aliphatic carbocycles. The van der Waals surface area contributed by atoms with E-state index in [-0.39, 0.29) is 5.54 Å². The largest absolute Gasteiger partial charge is 0.325 e. The molecule has 2 heteroatoms. The molecule has 2 bridgehead atoms. The molecule has 146 valence electrons. The quantitative estimate of drug-likeness (QED) is 0.503. The first-order chi connectivity index (χ1) is 14.2. The Hall–Kier alpha value is -2.58. The molecular formula is C27H28N2. The summed E-state index contributed by atoms with van der Waals surface area (Å²) in [5.74, 6) is 0.797. The van der Waals surface area contributed by atoms with Crippen molar-refractivity contribution in [1.82, 2.24) is 4.90 Å². The summed E-state index contributed by atoms with van der Waals surface area (Å²) >= 11 is 0. The molecule has 3 aliphatic rings. The number of para-hydroxylation sites is 1. The van der Waals surface area contributed by atoms with Crippen LogP contribution in [-0.2, 0) is 5.54 Å². The summed E-state index contributed by atoms with van der Waals surface area (Å²) in [4.78, 5) is 5.38. The molecule has 3 aliphatic heterocycles. The molecule has 3 atom stereocenters. The van der Waals surface area contributed by atoms with Crippen LogP contribution in [0.15, 0.2) is 72.8 Å². The third-order valence-electron chi connectivity index (χ3n) is 7.42. The Balaban J connectivity index is 1.54. The molecule has 0 radical (unpaired) electrons. The number of rotatable bonds is 2. The molecule has 6 rings (SSSR count). The van der Waals surface area contributed by atoms with Gasteiger partial charge in [0.1, 0.15) is 0 Å². The van der Waals surface area contributed by atoms with E-state index in [1.807, 2.05) is 0 Å². The van der Waals surface area contributed by atoms with Gasteiger partial charge >= 0.3 is 0 Å². The zero-order chi connectivity index (χ0) is 19.6. The van der Waals surface area contributed by atoms with E-state index in [9.17, 15) is 0 Å². The lowest BCUT2D eigenvalue weighted by molar-refractivity contribution is -0.124. The van der Waals surface area contributed by atoms with Crippen LogP contribution in [0, 0.1) is 12.8 Å². The summed E-state index contributed by atoms with van der Waals surface area (Å²) in [6, 6.07) is 27.1. The molecule has 0 aromatic heterocycles. The number of benzene rings is 3. The van der Waals surface area contributed by atoms with Gasteiger partial charge in [0.25, 0.3) is 0 Å². The number of piperidine rings is 1. The fourth-order valence-electron chi connectivity index (χ4n) is 6.09. The van der Waals surface area contributed by atoms with Crippen molar-refractivity contribution in [3.63, 3.8) is 0 Å². The maximum atomic E-state index is 2.79. The Kier molecular flexibility index (Phi) is 3.70. The summed E-state index contributed by atoms with van der Waals surface area (Å²) in [6.07, 6.45) is 4.35. The molecule has 2 nitrogen and oxygen atoms in total. The molecule has 0 amide bonds. The van der Waals surface area contributed by atoms with Crippen LogP contribution in [0.5, 0.6) is 0 Å². The van der Waals surface area contributed by atoms with Gasteiger partial charge in [0.05, 0.1) is 11.7 Å². The third-order valence-corrected chi connectivity index (χ3v) is 7.42. The second-order valence-corrected chi connectivity index (χ2v) is 9.31. The third kappa shape index (κ3) is 2.45. The number of anilines is 2. The lowest BCUT2D eigenvalue weighted by Gasteiger charge is -2.69. The van der Waals surface area contributed by atoms with E-state index < -0.39 is 0 Å². The van der Waals surface area contributed by atoms with E-state index in [1.54, 1.807) is 0 Å². The SMILES string of the molecule is Cc1cccc(-c2ccc3c(c2)C24CC(N3c3ccccc3)N2CC[C@@H](C)C4)c1. The molecule has 2 unspecified atom stereocenters. The predicted molar refractivity (Wildman–Crippen MR) is 120 cm³/mol. The van der Waals surface area contributed by atoms with Crippen LogP contribution in [0.25, 0.3) is 11.1 Å². The summed E-state index contributed by atoms with van der Waals surface area (Å²) in [6.45, 7) is 5.83. The molecular weight excluding hydrogens is 352 g/mol. The molecule has 0 saturated carbocycles. The first kappa shape index (κ1) is 17.3. The predicted octanol–water partition coefficient (Wildman–Crippen LogP) is 6.47. The van der Waals surface area contributed by atoms with Crippen LogP contribution in [0.3, 0.4) is 0 Å². The first-order valence-corrected chi connectivity index (χ1v) is 11.0. The molecule has 3 aromatic rings. The van der Waals surface area contributed by atoms with Crippen LogP contribution in [0.4, 0.5) is 11.4 Å². The summed E-state index contributed by atoms with van der Waals surface area (Å²) in [5.41, 5.74) is 8.49. The van der Waals surface area contributed by atoms with Crippen molar-refractivity contribution in [2.45, 2.75) is 44.8 Å².